The average molecular weight is 309 g/mol. The lowest BCUT2D eigenvalue weighted by molar-refractivity contribution is 0.331. The third-order valence-corrected chi connectivity index (χ3v) is 5.31. The van der Waals surface area contributed by atoms with Crippen LogP contribution in [0.5, 0.6) is 0 Å². The maximum absolute atomic E-state index is 4.52. The summed E-state index contributed by atoms with van der Waals surface area (Å²) in [6.07, 6.45) is 5.66. The lowest BCUT2D eigenvalue weighted by Gasteiger charge is -2.11. The van der Waals surface area contributed by atoms with Gasteiger partial charge in [-0.2, -0.15) is 0 Å². The normalized spacial score (nSPS) is 15.8. The predicted octanol–water partition coefficient (Wildman–Crippen LogP) is 3.08. The topological polar surface area (TPSA) is 53.9 Å². The van der Waals surface area contributed by atoms with Gasteiger partial charge in [-0.15, -0.1) is 21.5 Å². The number of aromatic nitrogens is 3. The Balaban J connectivity index is 1.64. The molecule has 0 aromatic carbocycles. The summed E-state index contributed by atoms with van der Waals surface area (Å²) in [5.74, 6) is 0. The molecule has 2 aromatic rings. The van der Waals surface area contributed by atoms with Gasteiger partial charge in [-0.1, -0.05) is 18.3 Å². The first-order valence-electron chi connectivity index (χ1n) is 7.10. The minimum absolute atomic E-state index is 0.899. The maximum Gasteiger partial charge on any atom is 0.206 e. The van der Waals surface area contributed by atoms with Crippen LogP contribution in [-0.2, 0) is 6.54 Å². The van der Waals surface area contributed by atoms with Gasteiger partial charge < -0.3 is 5.32 Å². The Hall–Kier alpha value is -1.05. The Morgan fingerprint density at radius 2 is 2.10 bits per heavy atom. The van der Waals surface area contributed by atoms with Crippen molar-refractivity contribution in [3.63, 3.8) is 0 Å². The molecule has 0 spiro atoms. The first kappa shape index (κ1) is 13.9. The smallest absolute Gasteiger partial charge is 0.206 e. The molecule has 108 valence electrons. The lowest BCUT2D eigenvalue weighted by atomic mass is 10.4. The van der Waals surface area contributed by atoms with Gasteiger partial charge in [0.05, 0.1) is 11.4 Å². The van der Waals surface area contributed by atoms with Crippen LogP contribution in [0.15, 0.2) is 6.20 Å². The van der Waals surface area contributed by atoms with E-state index in [9.17, 15) is 0 Å². The fraction of sp³-hybridized carbons (Fsp3) is 0.615. The summed E-state index contributed by atoms with van der Waals surface area (Å²) in [6, 6.07) is 0. The first-order chi connectivity index (χ1) is 9.85. The second-order valence-electron chi connectivity index (χ2n) is 4.94. The Bertz CT molecular complexity index is 544. The molecule has 7 heteroatoms. The van der Waals surface area contributed by atoms with E-state index in [1.807, 2.05) is 6.20 Å². The van der Waals surface area contributed by atoms with Crippen LogP contribution >= 0.6 is 22.7 Å². The molecule has 2 aromatic heterocycles. The summed E-state index contributed by atoms with van der Waals surface area (Å²) >= 11 is 3.34. The van der Waals surface area contributed by atoms with E-state index in [-0.39, 0.29) is 0 Å². The van der Waals surface area contributed by atoms with Crippen LogP contribution in [-0.4, -0.2) is 39.7 Å². The van der Waals surface area contributed by atoms with Crippen molar-refractivity contribution in [2.75, 3.05) is 25.0 Å². The minimum atomic E-state index is 0.899. The van der Waals surface area contributed by atoms with E-state index >= 15 is 0 Å². The Kier molecular flexibility index (Phi) is 4.59. The molecule has 3 rings (SSSR count). The summed E-state index contributed by atoms with van der Waals surface area (Å²) in [4.78, 5) is 8.12. The number of thiazole rings is 1. The minimum Gasteiger partial charge on any atom is -0.360 e. The Morgan fingerprint density at radius 3 is 2.90 bits per heavy atom. The number of nitrogens with one attached hydrogen (secondary N) is 1. The molecule has 0 bridgehead atoms. The molecule has 0 unspecified atom stereocenters. The molecular weight excluding hydrogens is 290 g/mol. The average Bonchev–Trinajstić information content (AvgIpc) is 3.18. The molecule has 0 amide bonds. The number of rotatable bonds is 6. The van der Waals surface area contributed by atoms with Crippen LogP contribution in [0.2, 0.25) is 0 Å². The molecule has 0 saturated carbocycles. The Labute approximate surface area is 127 Å². The fourth-order valence-corrected chi connectivity index (χ4v) is 4.00. The van der Waals surface area contributed by atoms with Gasteiger partial charge in [-0.05, 0) is 32.4 Å². The zero-order chi connectivity index (χ0) is 13.8. The van der Waals surface area contributed by atoms with E-state index < -0.39 is 0 Å². The summed E-state index contributed by atoms with van der Waals surface area (Å²) in [5.41, 5.74) is 0. The molecule has 20 heavy (non-hydrogen) atoms. The maximum atomic E-state index is 4.52. The lowest BCUT2D eigenvalue weighted by Crippen LogP contribution is -2.17. The fourth-order valence-electron chi connectivity index (χ4n) is 2.24. The molecule has 0 atom stereocenters. The van der Waals surface area contributed by atoms with Crippen LogP contribution in [0.3, 0.4) is 0 Å². The molecule has 1 saturated heterocycles. The van der Waals surface area contributed by atoms with Gasteiger partial charge in [0, 0.05) is 12.7 Å². The standard InChI is InChI=1S/C13H19N5S2/c1-2-5-14-13-17-16-12(20-13)10-8-15-11(19-10)9-18-6-3-4-7-18/h8H,2-7,9H2,1H3,(H,14,17). The number of hydrogen-bond acceptors (Lipinski definition) is 7. The highest BCUT2D eigenvalue weighted by Crippen LogP contribution is 2.31. The second kappa shape index (κ2) is 6.60. The third-order valence-electron chi connectivity index (χ3n) is 3.27. The van der Waals surface area contributed by atoms with Crippen molar-refractivity contribution < 1.29 is 0 Å². The summed E-state index contributed by atoms with van der Waals surface area (Å²) in [5, 5.41) is 14.7. The SMILES string of the molecule is CCCNc1nnc(-c2cnc(CN3CCCC3)s2)s1. The molecular formula is C13H19N5S2. The van der Waals surface area contributed by atoms with E-state index in [4.69, 9.17) is 0 Å². The monoisotopic (exact) mass is 309 g/mol. The quantitative estimate of drug-likeness (QED) is 0.888. The molecule has 3 heterocycles. The van der Waals surface area contributed by atoms with Crippen LogP contribution < -0.4 is 5.32 Å². The number of likely N-dealkylation sites (tertiary alicyclic amines) is 1. The van der Waals surface area contributed by atoms with Crippen LogP contribution in [0.25, 0.3) is 9.88 Å². The largest absolute Gasteiger partial charge is 0.360 e. The third kappa shape index (κ3) is 3.34. The van der Waals surface area contributed by atoms with Crippen molar-refractivity contribution in [3.05, 3.63) is 11.2 Å². The molecule has 0 aliphatic carbocycles. The number of hydrogen-bond donors (Lipinski definition) is 1. The molecule has 1 N–H and O–H groups in total. The van der Waals surface area contributed by atoms with Crippen molar-refractivity contribution in [1.29, 1.82) is 0 Å². The van der Waals surface area contributed by atoms with E-state index in [0.29, 0.717) is 0 Å². The van der Waals surface area contributed by atoms with Gasteiger partial charge >= 0.3 is 0 Å². The molecule has 1 aliphatic rings. The van der Waals surface area contributed by atoms with Crippen LogP contribution in [0.4, 0.5) is 5.13 Å². The van der Waals surface area contributed by atoms with Crippen molar-refractivity contribution >= 4 is 27.8 Å². The van der Waals surface area contributed by atoms with Gasteiger partial charge in [0.25, 0.3) is 0 Å². The van der Waals surface area contributed by atoms with Gasteiger partial charge in [-0.3, -0.25) is 4.90 Å². The molecule has 0 radical (unpaired) electrons. The van der Waals surface area contributed by atoms with Crippen molar-refractivity contribution in [3.8, 4) is 9.88 Å². The Morgan fingerprint density at radius 1 is 1.25 bits per heavy atom. The zero-order valence-corrected chi connectivity index (χ0v) is 13.3. The van der Waals surface area contributed by atoms with E-state index in [1.165, 1.54) is 30.9 Å². The van der Waals surface area contributed by atoms with E-state index in [2.05, 4.69) is 32.3 Å². The van der Waals surface area contributed by atoms with Crippen LogP contribution in [0.1, 0.15) is 31.2 Å². The van der Waals surface area contributed by atoms with Gasteiger partial charge in [0.15, 0.2) is 5.01 Å². The van der Waals surface area contributed by atoms with Gasteiger partial charge in [-0.25, -0.2) is 4.98 Å². The molecule has 1 fully saturated rings. The summed E-state index contributed by atoms with van der Waals surface area (Å²) in [7, 11) is 0. The zero-order valence-electron chi connectivity index (χ0n) is 11.6. The number of anilines is 1. The first-order valence-corrected chi connectivity index (χ1v) is 8.73. The van der Waals surface area contributed by atoms with Crippen LogP contribution in [0, 0.1) is 0 Å². The van der Waals surface area contributed by atoms with E-state index in [0.717, 1.165) is 34.5 Å². The summed E-state index contributed by atoms with van der Waals surface area (Å²) < 4.78 is 0. The van der Waals surface area contributed by atoms with Crippen molar-refractivity contribution in [2.24, 2.45) is 0 Å². The highest BCUT2D eigenvalue weighted by atomic mass is 32.1. The number of nitrogens with zero attached hydrogens (tertiary/aromatic N) is 4. The molecule has 1 aliphatic heterocycles. The van der Waals surface area contributed by atoms with E-state index in [1.54, 1.807) is 22.7 Å². The summed E-state index contributed by atoms with van der Waals surface area (Å²) in [6.45, 7) is 6.47. The van der Waals surface area contributed by atoms with Crippen molar-refractivity contribution in [2.45, 2.75) is 32.7 Å². The van der Waals surface area contributed by atoms with Gasteiger partial charge in [0.2, 0.25) is 5.13 Å². The molecule has 5 nitrogen and oxygen atoms in total. The highest BCUT2D eigenvalue weighted by Gasteiger charge is 2.15. The highest BCUT2D eigenvalue weighted by molar-refractivity contribution is 7.23. The van der Waals surface area contributed by atoms with Crippen molar-refractivity contribution in [1.82, 2.24) is 20.1 Å². The second-order valence-corrected chi connectivity index (χ2v) is 7.03. The predicted molar refractivity (Wildman–Crippen MR) is 84.3 cm³/mol. The van der Waals surface area contributed by atoms with Gasteiger partial charge in [0.1, 0.15) is 5.01 Å².